The second-order valence-corrected chi connectivity index (χ2v) is 2.71. The first-order chi connectivity index (χ1) is 4.47. The van der Waals surface area contributed by atoms with Crippen molar-refractivity contribution >= 4 is 28.6 Å². The van der Waals surface area contributed by atoms with Crippen LogP contribution in [-0.2, 0) is 0 Å². The summed E-state index contributed by atoms with van der Waals surface area (Å²) >= 11 is 1.68. The van der Waals surface area contributed by atoms with Gasteiger partial charge in [0.2, 0.25) is 6.21 Å². The topological polar surface area (TPSA) is 14.1 Å². The van der Waals surface area contributed by atoms with Crippen molar-refractivity contribution in [2.24, 2.45) is 0 Å². The molecular weight excluding hydrogens is 130 g/mol. The Morgan fingerprint density at radius 2 is 2.44 bits per heavy atom. The van der Waals surface area contributed by atoms with Crippen LogP contribution in [0.4, 0.5) is 5.00 Å². The third-order valence-electron chi connectivity index (χ3n) is 1.23. The fraction of sp³-hybridized carbons (Fsp3) is 0. The molecule has 0 N–H and O–H groups in total. The lowest BCUT2D eigenvalue weighted by atomic mass is 10.3. The van der Waals surface area contributed by atoms with Crippen molar-refractivity contribution in [3.8, 4) is 0 Å². The van der Waals surface area contributed by atoms with Gasteiger partial charge in [-0.15, -0.1) is 0 Å². The molecular formula is C7H5NS+. The first kappa shape index (κ1) is 4.94. The third kappa shape index (κ3) is 0.715. The molecule has 0 aliphatic carbocycles. The van der Waals surface area contributed by atoms with E-state index in [-0.39, 0.29) is 0 Å². The number of hydrogen-bond acceptors (Lipinski definition) is 2. The van der Waals surface area contributed by atoms with Gasteiger partial charge in [0.1, 0.15) is 0 Å². The molecule has 2 heteroatoms. The van der Waals surface area contributed by atoms with Gasteiger partial charge in [0, 0.05) is 6.08 Å². The zero-order chi connectivity index (χ0) is 6.10. The standard InChI is InChI=1S/C7H5NS/c1-2-6-3-5-9-7(6)8-4-1/h1-5H/q+1. The molecule has 1 nitrogen and oxygen atoms in total. The van der Waals surface area contributed by atoms with Crippen LogP contribution in [0, 0.1) is 0 Å². The number of fused-ring (bicyclic) bond motifs is 1. The van der Waals surface area contributed by atoms with Gasteiger partial charge in [-0.2, -0.15) is 0 Å². The van der Waals surface area contributed by atoms with Crippen LogP contribution in [0.1, 0.15) is 5.56 Å². The minimum absolute atomic E-state index is 1.12. The summed E-state index contributed by atoms with van der Waals surface area (Å²) < 4.78 is 0. The van der Waals surface area contributed by atoms with Crippen molar-refractivity contribution in [1.82, 2.24) is 4.99 Å². The van der Waals surface area contributed by atoms with Gasteiger partial charge in [-0.05, 0) is 17.5 Å². The lowest BCUT2D eigenvalue weighted by Gasteiger charge is -1.80. The quantitative estimate of drug-likeness (QED) is 0.515. The van der Waals surface area contributed by atoms with Crippen molar-refractivity contribution in [3.63, 3.8) is 0 Å². The summed E-state index contributed by atoms with van der Waals surface area (Å²) in [6, 6.07) is 2.08. The normalized spacial score (nSPS) is 13.8. The Bertz CT molecular complexity index is 244. The summed E-state index contributed by atoms with van der Waals surface area (Å²) in [4.78, 5) is 4.16. The van der Waals surface area contributed by atoms with E-state index in [1.54, 1.807) is 11.3 Å². The minimum atomic E-state index is 1.12. The van der Waals surface area contributed by atoms with Crippen molar-refractivity contribution in [3.05, 3.63) is 23.1 Å². The summed E-state index contributed by atoms with van der Waals surface area (Å²) in [5.74, 6) is 0. The van der Waals surface area contributed by atoms with E-state index < -0.39 is 0 Å². The molecule has 0 bridgehead atoms. The summed E-state index contributed by atoms with van der Waals surface area (Å²) in [6.07, 6.45) is 5.84. The monoisotopic (exact) mass is 135 g/mol. The van der Waals surface area contributed by atoms with Crippen molar-refractivity contribution in [2.45, 2.75) is 0 Å². The number of nitrogens with zero attached hydrogens (tertiary/aromatic N) is 1. The van der Waals surface area contributed by atoms with E-state index in [1.165, 1.54) is 5.56 Å². The second-order valence-electron chi connectivity index (χ2n) is 1.82. The molecule has 1 radical (unpaired) electrons. The highest BCUT2D eigenvalue weighted by Gasteiger charge is 2.11. The Balaban J connectivity index is 2.68. The van der Waals surface area contributed by atoms with Crippen LogP contribution >= 0.6 is 11.3 Å². The van der Waals surface area contributed by atoms with Gasteiger partial charge in [-0.25, -0.2) is 0 Å². The maximum atomic E-state index is 4.16. The molecule has 1 aromatic heterocycles. The smallest absolute Gasteiger partial charge is 0.0701 e. The molecule has 2 heterocycles. The molecule has 2 rings (SSSR count). The van der Waals surface area contributed by atoms with Crippen LogP contribution in [0.2, 0.25) is 0 Å². The summed E-state index contributed by atoms with van der Waals surface area (Å²) in [6.45, 7) is 0. The Hall–Kier alpha value is -0.890. The fourth-order valence-corrected chi connectivity index (χ4v) is 1.54. The molecule has 0 saturated carbocycles. The maximum absolute atomic E-state index is 4.16. The van der Waals surface area contributed by atoms with Crippen LogP contribution in [0.3, 0.4) is 0 Å². The Kier molecular flexibility index (Phi) is 0.993. The van der Waals surface area contributed by atoms with Gasteiger partial charge in [0.15, 0.2) is 0 Å². The maximum Gasteiger partial charge on any atom is 0.339 e. The van der Waals surface area contributed by atoms with Gasteiger partial charge < -0.3 is 0 Å². The predicted molar refractivity (Wildman–Crippen MR) is 41.2 cm³/mol. The summed E-state index contributed by atoms with van der Waals surface area (Å²) in [5, 5.41) is 3.18. The molecule has 0 saturated heterocycles. The van der Waals surface area contributed by atoms with Gasteiger partial charge in [0.25, 0.3) is 0 Å². The Labute approximate surface area is 57.4 Å². The van der Waals surface area contributed by atoms with E-state index >= 15 is 0 Å². The summed E-state index contributed by atoms with van der Waals surface area (Å²) in [5.41, 5.74) is 1.24. The largest absolute Gasteiger partial charge is 0.339 e. The average molecular weight is 135 g/mol. The van der Waals surface area contributed by atoms with E-state index in [1.807, 2.05) is 12.3 Å². The van der Waals surface area contributed by atoms with Gasteiger partial charge in [-0.1, -0.05) is 11.3 Å². The van der Waals surface area contributed by atoms with Crippen molar-refractivity contribution in [2.75, 3.05) is 0 Å². The third-order valence-corrected chi connectivity index (χ3v) is 2.06. The number of allylic oxidation sites excluding steroid dienone is 1. The zero-order valence-electron chi connectivity index (χ0n) is 4.74. The highest BCUT2D eigenvalue weighted by atomic mass is 32.1. The lowest BCUT2D eigenvalue weighted by molar-refractivity contribution is 1.45. The Morgan fingerprint density at radius 1 is 1.44 bits per heavy atom. The van der Waals surface area contributed by atoms with Crippen LogP contribution in [0.25, 0.3) is 6.08 Å². The van der Waals surface area contributed by atoms with Gasteiger partial charge in [-0.3, -0.25) is 0 Å². The number of hydrogen-bond donors (Lipinski definition) is 0. The number of aliphatic imine (C=N–C) groups is 1. The SMILES string of the molecule is C1=Cc2ccsc2[N+]=C1. The van der Waals surface area contributed by atoms with Crippen molar-refractivity contribution in [1.29, 1.82) is 0 Å². The van der Waals surface area contributed by atoms with Crippen LogP contribution in [0.5, 0.6) is 0 Å². The molecule has 1 aromatic rings. The van der Waals surface area contributed by atoms with E-state index in [4.69, 9.17) is 0 Å². The predicted octanol–water partition coefficient (Wildman–Crippen LogP) is 1.81. The first-order valence-corrected chi connectivity index (χ1v) is 3.63. The average Bonchev–Trinajstić information content (AvgIpc) is 2.33. The molecule has 0 aromatic carbocycles. The molecule has 9 heavy (non-hydrogen) atoms. The highest BCUT2D eigenvalue weighted by Crippen LogP contribution is 2.23. The number of thiophene rings is 1. The van der Waals surface area contributed by atoms with Gasteiger partial charge >= 0.3 is 5.00 Å². The lowest BCUT2D eigenvalue weighted by Crippen LogP contribution is -1.85. The fourth-order valence-electron chi connectivity index (χ4n) is 0.800. The van der Waals surface area contributed by atoms with Crippen LogP contribution in [-0.4, -0.2) is 6.21 Å². The first-order valence-electron chi connectivity index (χ1n) is 2.75. The van der Waals surface area contributed by atoms with Crippen LogP contribution < -0.4 is 4.99 Å². The summed E-state index contributed by atoms with van der Waals surface area (Å²) in [7, 11) is 0. The molecule has 0 fully saturated rings. The molecule has 0 atom stereocenters. The molecule has 0 amide bonds. The molecule has 1 aliphatic rings. The van der Waals surface area contributed by atoms with E-state index in [9.17, 15) is 0 Å². The molecule has 0 spiro atoms. The number of rotatable bonds is 0. The van der Waals surface area contributed by atoms with E-state index in [0.29, 0.717) is 0 Å². The second kappa shape index (κ2) is 1.81. The highest BCUT2D eigenvalue weighted by molar-refractivity contribution is 7.14. The van der Waals surface area contributed by atoms with Crippen LogP contribution in [0.15, 0.2) is 17.5 Å². The van der Waals surface area contributed by atoms with E-state index in [2.05, 4.69) is 22.5 Å². The van der Waals surface area contributed by atoms with Crippen molar-refractivity contribution < 1.29 is 0 Å². The molecule has 0 unspecified atom stereocenters. The minimum Gasteiger partial charge on any atom is -0.0701 e. The van der Waals surface area contributed by atoms with Gasteiger partial charge in [0.05, 0.1) is 10.6 Å². The molecule has 1 aliphatic heterocycles. The zero-order valence-corrected chi connectivity index (χ0v) is 5.56. The Morgan fingerprint density at radius 3 is 3.33 bits per heavy atom. The molecule has 43 valence electrons. The van der Waals surface area contributed by atoms with E-state index in [0.717, 1.165) is 5.00 Å².